The van der Waals surface area contributed by atoms with E-state index in [1.165, 1.54) is 11.8 Å². The molecular formula is C21H22BrN5O2S. The summed E-state index contributed by atoms with van der Waals surface area (Å²) in [6.45, 7) is 2.29. The Morgan fingerprint density at radius 3 is 2.60 bits per heavy atom. The number of para-hydroxylation sites is 1. The van der Waals surface area contributed by atoms with Crippen molar-refractivity contribution in [1.29, 1.82) is 0 Å². The first-order valence-electron chi connectivity index (χ1n) is 9.41. The van der Waals surface area contributed by atoms with Crippen LogP contribution in [0, 0.1) is 0 Å². The first kappa shape index (κ1) is 22.0. The van der Waals surface area contributed by atoms with E-state index in [2.05, 4.69) is 43.7 Å². The van der Waals surface area contributed by atoms with Gasteiger partial charge in [0.1, 0.15) is 0 Å². The molecule has 2 N–H and O–H groups in total. The molecular weight excluding hydrogens is 466 g/mol. The Morgan fingerprint density at radius 1 is 1.10 bits per heavy atom. The molecule has 0 atom stereocenters. The first-order chi connectivity index (χ1) is 14.5. The molecule has 9 heteroatoms. The van der Waals surface area contributed by atoms with E-state index < -0.39 is 0 Å². The third-order valence-electron chi connectivity index (χ3n) is 4.46. The van der Waals surface area contributed by atoms with Gasteiger partial charge in [0.15, 0.2) is 11.0 Å². The van der Waals surface area contributed by atoms with Crippen molar-refractivity contribution < 1.29 is 9.59 Å². The third kappa shape index (κ3) is 5.48. The number of thioether (sulfide) groups is 1. The van der Waals surface area contributed by atoms with Crippen LogP contribution in [0.25, 0.3) is 0 Å². The molecule has 30 heavy (non-hydrogen) atoms. The molecule has 0 aliphatic heterocycles. The van der Waals surface area contributed by atoms with Crippen molar-refractivity contribution in [2.75, 3.05) is 11.1 Å². The van der Waals surface area contributed by atoms with Crippen LogP contribution in [-0.4, -0.2) is 32.3 Å². The van der Waals surface area contributed by atoms with Crippen LogP contribution in [-0.2, 0) is 24.8 Å². The number of hydrogen-bond donors (Lipinski definition) is 2. The average Bonchev–Trinajstić information content (AvgIpc) is 3.10. The van der Waals surface area contributed by atoms with E-state index >= 15 is 0 Å². The molecule has 0 aliphatic rings. The molecule has 2 aromatic carbocycles. The molecule has 156 valence electrons. The standard InChI is InChI=1S/C21H22BrN5O2S/c1-3-14-8-4-7-11-17(14)24-19(28)13-30-21-26-25-18(27(21)2)12-23-20(29)15-9-5-6-10-16(15)22/h4-11H,3,12-13H2,1-2H3,(H,23,29)(H,24,28). The van der Waals surface area contributed by atoms with Crippen molar-refractivity contribution in [2.24, 2.45) is 7.05 Å². The Balaban J connectivity index is 1.54. The number of halogens is 1. The number of rotatable bonds is 8. The monoisotopic (exact) mass is 487 g/mol. The van der Waals surface area contributed by atoms with Crippen LogP contribution >= 0.6 is 27.7 Å². The van der Waals surface area contributed by atoms with Gasteiger partial charge in [-0.2, -0.15) is 0 Å². The highest BCUT2D eigenvalue weighted by atomic mass is 79.9. The van der Waals surface area contributed by atoms with Gasteiger partial charge >= 0.3 is 0 Å². The Hall–Kier alpha value is -2.65. The Labute approximate surface area is 187 Å². The second-order valence-corrected chi connectivity index (χ2v) is 8.26. The van der Waals surface area contributed by atoms with Crippen molar-refractivity contribution in [3.63, 3.8) is 0 Å². The molecule has 3 aromatic rings. The molecule has 1 aromatic heterocycles. The zero-order chi connectivity index (χ0) is 21.5. The second-order valence-electron chi connectivity index (χ2n) is 6.47. The van der Waals surface area contributed by atoms with Crippen LogP contribution in [0.3, 0.4) is 0 Å². The van der Waals surface area contributed by atoms with Gasteiger partial charge in [0.25, 0.3) is 5.91 Å². The number of benzene rings is 2. The highest BCUT2D eigenvalue weighted by molar-refractivity contribution is 9.10. The lowest BCUT2D eigenvalue weighted by Gasteiger charge is -2.09. The van der Waals surface area contributed by atoms with Crippen LogP contribution in [0.15, 0.2) is 58.2 Å². The van der Waals surface area contributed by atoms with Crippen molar-refractivity contribution >= 4 is 45.2 Å². The summed E-state index contributed by atoms with van der Waals surface area (Å²) in [7, 11) is 1.81. The van der Waals surface area contributed by atoms with E-state index in [0.717, 1.165) is 22.1 Å². The number of carbonyl (C=O) groups excluding carboxylic acids is 2. The molecule has 0 radical (unpaired) electrons. The molecule has 0 spiro atoms. The maximum atomic E-state index is 12.3. The van der Waals surface area contributed by atoms with E-state index in [4.69, 9.17) is 0 Å². The van der Waals surface area contributed by atoms with Gasteiger partial charge in [-0.1, -0.05) is 49.0 Å². The largest absolute Gasteiger partial charge is 0.345 e. The molecule has 3 rings (SSSR count). The number of nitrogens with one attached hydrogen (secondary N) is 2. The molecule has 2 amide bonds. The summed E-state index contributed by atoms with van der Waals surface area (Å²) in [6.07, 6.45) is 0.849. The minimum absolute atomic E-state index is 0.104. The van der Waals surface area contributed by atoms with Crippen molar-refractivity contribution in [2.45, 2.75) is 25.0 Å². The number of aryl methyl sites for hydroxylation is 1. The van der Waals surface area contributed by atoms with Crippen molar-refractivity contribution in [3.05, 3.63) is 70.0 Å². The predicted molar refractivity (Wildman–Crippen MR) is 121 cm³/mol. The van der Waals surface area contributed by atoms with Gasteiger partial charge in [0, 0.05) is 17.2 Å². The van der Waals surface area contributed by atoms with Gasteiger partial charge < -0.3 is 15.2 Å². The SMILES string of the molecule is CCc1ccccc1NC(=O)CSc1nnc(CNC(=O)c2ccccc2Br)n1C. The Bertz CT molecular complexity index is 1050. The highest BCUT2D eigenvalue weighted by Gasteiger charge is 2.14. The molecule has 0 saturated carbocycles. The third-order valence-corrected chi connectivity index (χ3v) is 6.17. The van der Waals surface area contributed by atoms with Crippen LogP contribution in [0.4, 0.5) is 5.69 Å². The van der Waals surface area contributed by atoms with Crippen LogP contribution in [0.2, 0.25) is 0 Å². The number of carbonyl (C=O) groups is 2. The van der Waals surface area contributed by atoms with Crippen LogP contribution in [0.1, 0.15) is 28.7 Å². The molecule has 7 nitrogen and oxygen atoms in total. The van der Waals surface area contributed by atoms with E-state index in [9.17, 15) is 9.59 Å². The van der Waals surface area contributed by atoms with Crippen LogP contribution < -0.4 is 10.6 Å². The fourth-order valence-corrected chi connectivity index (χ4v) is 3.99. The van der Waals surface area contributed by atoms with Crippen molar-refractivity contribution in [3.8, 4) is 0 Å². The fraction of sp³-hybridized carbons (Fsp3) is 0.238. The lowest BCUT2D eigenvalue weighted by atomic mass is 10.1. The normalized spacial score (nSPS) is 10.6. The van der Waals surface area contributed by atoms with Crippen LogP contribution in [0.5, 0.6) is 0 Å². The summed E-state index contributed by atoms with van der Waals surface area (Å²) in [5.41, 5.74) is 2.48. The number of hydrogen-bond acceptors (Lipinski definition) is 5. The summed E-state index contributed by atoms with van der Waals surface area (Å²) < 4.78 is 2.51. The van der Waals surface area contributed by atoms with E-state index in [1.807, 2.05) is 43.4 Å². The molecule has 1 heterocycles. The van der Waals surface area contributed by atoms with Gasteiger partial charge in [-0.15, -0.1) is 10.2 Å². The lowest BCUT2D eigenvalue weighted by Crippen LogP contribution is -2.24. The molecule has 0 unspecified atom stereocenters. The maximum Gasteiger partial charge on any atom is 0.252 e. The quantitative estimate of drug-likeness (QED) is 0.471. The molecule has 0 bridgehead atoms. The minimum atomic E-state index is -0.200. The zero-order valence-corrected chi connectivity index (χ0v) is 19.1. The number of anilines is 1. The molecule has 0 saturated heterocycles. The summed E-state index contributed by atoms with van der Waals surface area (Å²) in [6, 6.07) is 15.0. The number of aromatic nitrogens is 3. The van der Waals surface area contributed by atoms with Gasteiger partial charge in [0.2, 0.25) is 5.91 Å². The Kier molecular flexibility index (Phi) is 7.64. The van der Waals surface area contributed by atoms with Gasteiger partial charge in [-0.05, 0) is 46.1 Å². The first-order valence-corrected chi connectivity index (χ1v) is 11.2. The van der Waals surface area contributed by atoms with Gasteiger partial charge in [0.05, 0.1) is 17.9 Å². The fourth-order valence-electron chi connectivity index (χ4n) is 2.79. The summed E-state index contributed by atoms with van der Waals surface area (Å²) >= 11 is 4.67. The van der Waals surface area contributed by atoms with E-state index in [1.54, 1.807) is 16.7 Å². The maximum absolute atomic E-state index is 12.3. The topological polar surface area (TPSA) is 88.9 Å². The van der Waals surface area contributed by atoms with Gasteiger partial charge in [-0.3, -0.25) is 9.59 Å². The minimum Gasteiger partial charge on any atom is -0.345 e. The number of amides is 2. The molecule has 0 aliphatic carbocycles. The molecule has 0 fully saturated rings. The summed E-state index contributed by atoms with van der Waals surface area (Å²) in [4.78, 5) is 24.7. The summed E-state index contributed by atoms with van der Waals surface area (Å²) in [5, 5.41) is 14.7. The zero-order valence-electron chi connectivity index (χ0n) is 16.7. The highest BCUT2D eigenvalue weighted by Crippen LogP contribution is 2.19. The lowest BCUT2D eigenvalue weighted by molar-refractivity contribution is -0.113. The number of nitrogens with zero attached hydrogens (tertiary/aromatic N) is 3. The summed E-state index contributed by atoms with van der Waals surface area (Å²) in [5.74, 6) is 0.517. The second kappa shape index (κ2) is 10.4. The predicted octanol–water partition coefficient (Wildman–Crippen LogP) is 3.80. The van der Waals surface area contributed by atoms with Gasteiger partial charge in [-0.25, -0.2) is 0 Å². The average molecular weight is 488 g/mol. The van der Waals surface area contributed by atoms with E-state index in [0.29, 0.717) is 16.5 Å². The van der Waals surface area contributed by atoms with Crippen molar-refractivity contribution in [1.82, 2.24) is 20.1 Å². The smallest absolute Gasteiger partial charge is 0.252 e. The Morgan fingerprint density at radius 2 is 1.83 bits per heavy atom. The van der Waals surface area contributed by atoms with E-state index in [-0.39, 0.29) is 24.1 Å².